The van der Waals surface area contributed by atoms with Crippen LogP contribution in [0.2, 0.25) is 0 Å². The van der Waals surface area contributed by atoms with E-state index in [9.17, 15) is 4.79 Å². The number of carbonyl (C=O) groups is 1. The molecule has 0 saturated heterocycles. The lowest BCUT2D eigenvalue weighted by Crippen LogP contribution is -1.98. The molecule has 1 aliphatic carbocycles. The lowest BCUT2D eigenvalue weighted by atomic mass is 10.0. The van der Waals surface area contributed by atoms with Gasteiger partial charge >= 0.3 is 0 Å². The first-order valence-electron chi connectivity index (χ1n) is 5.75. The number of benzene rings is 1. The van der Waals surface area contributed by atoms with Crippen LogP contribution in [-0.4, -0.2) is 5.78 Å². The summed E-state index contributed by atoms with van der Waals surface area (Å²) in [5.41, 5.74) is 4.61. The lowest BCUT2D eigenvalue weighted by molar-refractivity contribution is -0.109. The first-order chi connectivity index (χ1) is 7.77. The molecule has 1 aliphatic rings. The summed E-state index contributed by atoms with van der Waals surface area (Å²) in [5.74, 6) is 0.143. The average Bonchev–Trinajstić information content (AvgIpc) is 2.67. The average molecular weight is 212 g/mol. The van der Waals surface area contributed by atoms with Gasteiger partial charge in [-0.1, -0.05) is 42.8 Å². The van der Waals surface area contributed by atoms with Crippen LogP contribution >= 0.6 is 0 Å². The molecule has 0 spiro atoms. The van der Waals surface area contributed by atoms with Crippen molar-refractivity contribution in [2.45, 2.75) is 26.7 Å². The zero-order valence-electron chi connectivity index (χ0n) is 9.79. The second-order valence-electron chi connectivity index (χ2n) is 4.03. The van der Waals surface area contributed by atoms with Gasteiger partial charge in [0.05, 0.1) is 0 Å². The molecule has 16 heavy (non-hydrogen) atoms. The van der Waals surface area contributed by atoms with Gasteiger partial charge in [0.1, 0.15) is 0 Å². The summed E-state index contributed by atoms with van der Waals surface area (Å²) in [6.45, 7) is 4.00. The van der Waals surface area contributed by atoms with E-state index in [1.54, 1.807) is 6.08 Å². The molecular weight excluding hydrogens is 196 g/mol. The van der Waals surface area contributed by atoms with Crippen molar-refractivity contribution < 1.29 is 4.79 Å². The normalized spacial score (nSPS) is 14.6. The van der Waals surface area contributed by atoms with Crippen molar-refractivity contribution in [3.63, 3.8) is 0 Å². The number of fused-ring (bicyclic) bond motifs is 1. The van der Waals surface area contributed by atoms with Crippen molar-refractivity contribution >= 4 is 11.4 Å². The maximum atomic E-state index is 12.0. The Kier molecular flexibility index (Phi) is 3.04. The van der Waals surface area contributed by atoms with E-state index in [1.165, 1.54) is 11.1 Å². The highest BCUT2D eigenvalue weighted by Gasteiger charge is 2.23. The smallest absolute Gasteiger partial charge is 0.186 e. The minimum atomic E-state index is 0.143. The van der Waals surface area contributed by atoms with E-state index < -0.39 is 0 Å². The standard InChI is InChI=1S/C15H16O/c1-3-7-14(16)15-11(4-2)10-12-8-5-6-9-13(12)15/h3,5-9H,4,10H2,1-2H3/b7-3+. The number of rotatable bonds is 3. The van der Waals surface area contributed by atoms with Crippen LogP contribution in [0.4, 0.5) is 0 Å². The van der Waals surface area contributed by atoms with Crippen molar-refractivity contribution in [1.29, 1.82) is 0 Å². The van der Waals surface area contributed by atoms with E-state index in [4.69, 9.17) is 0 Å². The molecule has 0 aromatic heterocycles. The van der Waals surface area contributed by atoms with E-state index in [1.807, 2.05) is 25.1 Å². The summed E-state index contributed by atoms with van der Waals surface area (Å²) in [5, 5.41) is 0. The van der Waals surface area contributed by atoms with E-state index in [2.05, 4.69) is 19.1 Å². The van der Waals surface area contributed by atoms with Crippen LogP contribution in [0.1, 0.15) is 31.4 Å². The molecule has 0 atom stereocenters. The van der Waals surface area contributed by atoms with Gasteiger partial charge in [-0.3, -0.25) is 4.79 Å². The van der Waals surface area contributed by atoms with Gasteiger partial charge in [0.2, 0.25) is 0 Å². The highest BCUT2D eigenvalue weighted by molar-refractivity contribution is 6.28. The maximum Gasteiger partial charge on any atom is 0.186 e. The monoisotopic (exact) mass is 212 g/mol. The van der Waals surface area contributed by atoms with Crippen molar-refractivity contribution in [1.82, 2.24) is 0 Å². The number of ketones is 1. The molecule has 0 saturated carbocycles. The van der Waals surface area contributed by atoms with Crippen LogP contribution in [0.25, 0.3) is 5.57 Å². The van der Waals surface area contributed by atoms with Gasteiger partial charge in [-0.15, -0.1) is 0 Å². The molecule has 82 valence electrons. The molecule has 1 heteroatoms. The summed E-state index contributed by atoms with van der Waals surface area (Å²) in [4.78, 5) is 12.0. The number of hydrogen-bond acceptors (Lipinski definition) is 1. The van der Waals surface area contributed by atoms with Crippen LogP contribution < -0.4 is 0 Å². The minimum absolute atomic E-state index is 0.143. The van der Waals surface area contributed by atoms with E-state index in [0.29, 0.717) is 0 Å². The van der Waals surface area contributed by atoms with Gasteiger partial charge in [-0.2, -0.15) is 0 Å². The molecule has 0 aliphatic heterocycles. The molecule has 0 amide bonds. The summed E-state index contributed by atoms with van der Waals surface area (Å²) >= 11 is 0. The third-order valence-electron chi connectivity index (χ3n) is 3.04. The first kappa shape index (κ1) is 10.9. The molecule has 1 aromatic rings. The van der Waals surface area contributed by atoms with Crippen LogP contribution in [-0.2, 0) is 11.2 Å². The Bertz CT molecular complexity index is 478. The van der Waals surface area contributed by atoms with Gasteiger partial charge in [-0.25, -0.2) is 0 Å². The van der Waals surface area contributed by atoms with Gasteiger partial charge in [0.15, 0.2) is 5.78 Å². The second-order valence-corrected chi connectivity index (χ2v) is 4.03. The van der Waals surface area contributed by atoms with Gasteiger partial charge in [-0.05, 0) is 37.0 Å². The van der Waals surface area contributed by atoms with E-state index in [-0.39, 0.29) is 5.78 Å². The molecular formula is C15H16O. The third kappa shape index (κ3) is 1.73. The van der Waals surface area contributed by atoms with Crippen LogP contribution in [0.15, 0.2) is 42.0 Å². The SMILES string of the molecule is C/C=C/C(=O)C1=C(CC)Cc2ccccc21. The number of allylic oxidation sites excluding steroid dienone is 4. The van der Waals surface area contributed by atoms with Crippen LogP contribution in [0.5, 0.6) is 0 Å². The zero-order chi connectivity index (χ0) is 11.5. The topological polar surface area (TPSA) is 17.1 Å². The second kappa shape index (κ2) is 4.48. The molecule has 0 N–H and O–H groups in total. The van der Waals surface area contributed by atoms with Crippen LogP contribution in [0, 0.1) is 0 Å². The van der Waals surface area contributed by atoms with Crippen molar-refractivity contribution in [3.05, 3.63) is 53.1 Å². The highest BCUT2D eigenvalue weighted by atomic mass is 16.1. The number of hydrogen-bond donors (Lipinski definition) is 0. The molecule has 0 heterocycles. The Morgan fingerprint density at radius 3 is 2.81 bits per heavy atom. The Balaban J connectivity index is 2.50. The molecule has 0 radical (unpaired) electrons. The maximum absolute atomic E-state index is 12.0. The van der Waals surface area contributed by atoms with Gasteiger partial charge in [0.25, 0.3) is 0 Å². The fourth-order valence-electron chi connectivity index (χ4n) is 2.27. The van der Waals surface area contributed by atoms with Gasteiger partial charge < -0.3 is 0 Å². The Morgan fingerprint density at radius 2 is 2.12 bits per heavy atom. The quantitative estimate of drug-likeness (QED) is 0.700. The predicted molar refractivity (Wildman–Crippen MR) is 67.2 cm³/mol. The summed E-state index contributed by atoms with van der Waals surface area (Å²) in [6, 6.07) is 8.20. The van der Waals surface area contributed by atoms with Gasteiger partial charge in [0, 0.05) is 5.57 Å². The fraction of sp³-hybridized carbons (Fsp3) is 0.267. The first-order valence-corrected chi connectivity index (χ1v) is 5.75. The van der Waals surface area contributed by atoms with Crippen molar-refractivity contribution in [2.24, 2.45) is 0 Å². The number of carbonyl (C=O) groups excluding carboxylic acids is 1. The fourth-order valence-corrected chi connectivity index (χ4v) is 2.27. The van der Waals surface area contributed by atoms with Crippen molar-refractivity contribution in [3.8, 4) is 0 Å². The van der Waals surface area contributed by atoms with E-state index >= 15 is 0 Å². The Labute approximate surface area is 96.5 Å². The Hall–Kier alpha value is -1.63. The molecule has 2 rings (SSSR count). The molecule has 0 bridgehead atoms. The minimum Gasteiger partial charge on any atom is -0.289 e. The molecule has 0 fully saturated rings. The Morgan fingerprint density at radius 1 is 1.38 bits per heavy atom. The molecule has 1 nitrogen and oxygen atoms in total. The third-order valence-corrected chi connectivity index (χ3v) is 3.04. The largest absolute Gasteiger partial charge is 0.289 e. The highest BCUT2D eigenvalue weighted by Crippen LogP contribution is 2.34. The summed E-state index contributed by atoms with van der Waals surface area (Å²) in [7, 11) is 0. The van der Waals surface area contributed by atoms with E-state index in [0.717, 1.165) is 24.0 Å². The van der Waals surface area contributed by atoms with Crippen molar-refractivity contribution in [2.75, 3.05) is 0 Å². The zero-order valence-corrected chi connectivity index (χ0v) is 9.79. The summed E-state index contributed by atoms with van der Waals surface area (Å²) in [6.07, 6.45) is 5.36. The predicted octanol–water partition coefficient (Wildman–Crippen LogP) is 3.55. The summed E-state index contributed by atoms with van der Waals surface area (Å²) < 4.78 is 0. The van der Waals surface area contributed by atoms with Crippen LogP contribution in [0.3, 0.4) is 0 Å². The molecule has 1 aromatic carbocycles. The lowest BCUT2D eigenvalue weighted by Gasteiger charge is -2.02. The molecule has 0 unspecified atom stereocenters.